The summed E-state index contributed by atoms with van der Waals surface area (Å²) >= 11 is 0. The van der Waals surface area contributed by atoms with Gasteiger partial charge in [-0.25, -0.2) is 9.50 Å². The highest BCUT2D eigenvalue weighted by atomic mass is 16.2. The van der Waals surface area contributed by atoms with Crippen molar-refractivity contribution in [1.29, 1.82) is 0 Å². The summed E-state index contributed by atoms with van der Waals surface area (Å²) in [6.45, 7) is 5.36. The Labute approximate surface area is 139 Å². The molecule has 0 radical (unpaired) electrons. The number of hydrogen-bond donors (Lipinski definition) is 1. The van der Waals surface area contributed by atoms with E-state index >= 15 is 0 Å². The molecule has 0 saturated carbocycles. The van der Waals surface area contributed by atoms with Gasteiger partial charge in [0.05, 0.1) is 11.9 Å². The second kappa shape index (κ2) is 5.74. The van der Waals surface area contributed by atoms with Crippen molar-refractivity contribution in [2.75, 3.05) is 13.1 Å². The fourth-order valence-corrected chi connectivity index (χ4v) is 3.33. The van der Waals surface area contributed by atoms with E-state index < -0.39 is 0 Å². The van der Waals surface area contributed by atoms with E-state index in [2.05, 4.69) is 26.3 Å². The van der Waals surface area contributed by atoms with E-state index in [1.165, 1.54) is 0 Å². The number of aromatic nitrogens is 5. The van der Waals surface area contributed by atoms with Crippen LogP contribution >= 0.6 is 0 Å². The first kappa shape index (κ1) is 14.9. The molecule has 1 fully saturated rings. The van der Waals surface area contributed by atoms with Crippen molar-refractivity contribution in [3.05, 3.63) is 47.2 Å². The summed E-state index contributed by atoms with van der Waals surface area (Å²) in [5.41, 5.74) is 4.16. The first-order valence-corrected chi connectivity index (χ1v) is 8.24. The van der Waals surface area contributed by atoms with Crippen LogP contribution in [0.15, 0.2) is 24.5 Å². The molecule has 1 N–H and O–H groups in total. The van der Waals surface area contributed by atoms with Crippen molar-refractivity contribution < 1.29 is 4.79 Å². The maximum atomic E-state index is 13.0. The highest BCUT2D eigenvalue weighted by Crippen LogP contribution is 2.27. The predicted molar refractivity (Wildman–Crippen MR) is 88.9 cm³/mol. The number of amides is 1. The zero-order chi connectivity index (χ0) is 16.7. The molecule has 24 heavy (non-hydrogen) atoms. The normalized spacial score (nSPS) is 18.2. The second-order valence-corrected chi connectivity index (χ2v) is 6.46. The number of aromatic amines is 1. The molecule has 1 aliphatic rings. The molecule has 1 saturated heterocycles. The van der Waals surface area contributed by atoms with Gasteiger partial charge in [-0.1, -0.05) is 0 Å². The number of nitrogens with zero attached hydrogens (tertiary/aromatic N) is 5. The van der Waals surface area contributed by atoms with Gasteiger partial charge in [0.15, 0.2) is 5.65 Å². The number of piperidine rings is 1. The van der Waals surface area contributed by atoms with Crippen molar-refractivity contribution in [1.82, 2.24) is 29.7 Å². The summed E-state index contributed by atoms with van der Waals surface area (Å²) in [4.78, 5) is 19.3. The third-order valence-corrected chi connectivity index (χ3v) is 4.59. The van der Waals surface area contributed by atoms with E-state index in [1.807, 2.05) is 31.0 Å². The van der Waals surface area contributed by atoms with E-state index in [4.69, 9.17) is 0 Å². The van der Waals surface area contributed by atoms with Crippen LogP contribution in [-0.4, -0.2) is 48.7 Å². The maximum absolute atomic E-state index is 13.0. The molecule has 4 rings (SSSR count). The van der Waals surface area contributed by atoms with E-state index in [-0.39, 0.29) is 11.8 Å². The fraction of sp³-hybridized carbons (Fsp3) is 0.412. The number of aryl methyl sites for hydroxylation is 2. The van der Waals surface area contributed by atoms with Crippen LogP contribution in [0.25, 0.3) is 5.65 Å². The van der Waals surface area contributed by atoms with E-state index in [0.717, 1.165) is 36.5 Å². The monoisotopic (exact) mass is 324 g/mol. The molecule has 124 valence electrons. The van der Waals surface area contributed by atoms with Crippen LogP contribution in [-0.2, 0) is 0 Å². The molecule has 1 atom stereocenters. The number of carbonyl (C=O) groups excluding carboxylic acids is 1. The van der Waals surface area contributed by atoms with Crippen LogP contribution in [0.5, 0.6) is 0 Å². The summed E-state index contributed by atoms with van der Waals surface area (Å²) in [7, 11) is 0. The molecule has 3 aromatic heterocycles. The average Bonchev–Trinajstić information content (AvgIpc) is 3.20. The standard InChI is InChI=1S/C17H20N6O/c1-11-5-7-23-16(19-11)14(9-18-23)17(24)22-6-3-4-13(10-22)15-8-12(2)20-21-15/h5,7-9,13H,3-4,6,10H2,1-2H3,(H,20,21). The Morgan fingerprint density at radius 1 is 1.38 bits per heavy atom. The van der Waals surface area contributed by atoms with Crippen LogP contribution in [0.4, 0.5) is 0 Å². The van der Waals surface area contributed by atoms with Gasteiger partial charge in [0.1, 0.15) is 5.56 Å². The SMILES string of the molecule is Cc1ccn2ncc(C(=O)N3CCCC(c4cc(C)[nH]n4)C3)c2n1. The van der Waals surface area contributed by atoms with Crippen LogP contribution < -0.4 is 0 Å². The van der Waals surface area contributed by atoms with Gasteiger partial charge in [-0.05, 0) is 38.8 Å². The van der Waals surface area contributed by atoms with Gasteiger partial charge in [0, 0.05) is 36.6 Å². The van der Waals surface area contributed by atoms with E-state index in [1.54, 1.807) is 10.7 Å². The minimum atomic E-state index is 0.0000534. The van der Waals surface area contributed by atoms with Crippen LogP contribution in [0.2, 0.25) is 0 Å². The first-order valence-electron chi connectivity index (χ1n) is 8.24. The Hall–Kier alpha value is -2.70. The van der Waals surface area contributed by atoms with Crippen molar-refractivity contribution >= 4 is 11.6 Å². The number of hydrogen-bond acceptors (Lipinski definition) is 4. The number of fused-ring (bicyclic) bond motifs is 1. The molecule has 0 aromatic carbocycles. The molecule has 1 unspecified atom stereocenters. The first-order chi connectivity index (χ1) is 11.6. The zero-order valence-corrected chi connectivity index (χ0v) is 13.9. The lowest BCUT2D eigenvalue weighted by molar-refractivity contribution is 0.0707. The molecule has 0 aliphatic carbocycles. The van der Waals surface area contributed by atoms with Crippen LogP contribution in [0, 0.1) is 13.8 Å². The number of H-pyrrole nitrogens is 1. The Morgan fingerprint density at radius 3 is 3.04 bits per heavy atom. The third-order valence-electron chi connectivity index (χ3n) is 4.59. The number of rotatable bonds is 2. The predicted octanol–water partition coefficient (Wildman–Crippen LogP) is 2.09. The summed E-state index contributed by atoms with van der Waals surface area (Å²) < 4.78 is 1.65. The van der Waals surface area contributed by atoms with Crippen molar-refractivity contribution in [3.63, 3.8) is 0 Å². The largest absolute Gasteiger partial charge is 0.338 e. The molecular weight excluding hydrogens is 304 g/mol. The molecule has 1 amide bonds. The molecular formula is C17H20N6O. The summed E-state index contributed by atoms with van der Waals surface area (Å²) in [6, 6.07) is 3.95. The molecule has 0 spiro atoms. The van der Waals surface area contributed by atoms with Crippen molar-refractivity contribution in [3.8, 4) is 0 Å². The summed E-state index contributed by atoms with van der Waals surface area (Å²) in [5, 5.41) is 11.6. The topological polar surface area (TPSA) is 79.2 Å². The minimum absolute atomic E-state index is 0.0000534. The molecule has 1 aliphatic heterocycles. The average molecular weight is 324 g/mol. The van der Waals surface area contributed by atoms with Gasteiger partial charge in [-0.2, -0.15) is 10.2 Å². The Bertz CT molecular complexity index is 896. The molecule has 0 bridgehead atoms. The quantitative estimate of drug-likeness (QED) is 0.783. The number of likely N-dealkylation sites (tertiary alicyclic amines) is 1. The number of carbonyl (C=O) groups is 1. The smallest absolute Gasteiger partial charge is 0.259 e. The van der Waals surface area contributed by atoms with Gasteiger partial charge in [0.2, 0.25) is 0 Å². The Balaban J connectivity index is 1.60. The molecule has 7 nitrogen and oxygen atoms in total. The van der Waals surface area contributed by atoms with Crippen molar-refractivity contribution in [2.24, 2.45) is 0 Å². The maximum Gasteiger partial charge on any atom is 0.259 e. The highest BCUT2D eigenvalue weighted by molar-refractivity contribution is 5.99. The molecule has 4 heterocycles. The van der Waals surface area contributed by atoms with Crippen LogP contribution in [0.1, 0.15) is 46.2 Å². The summed E-state index contributed by atoms with van der Waals surface area (Å²) in [6.07, 6.45) is 5.49. The number of nitrogens with one attached hydrogen (secondary N) is 1. The van der Waals surface area contributed by atoms with Gasteiger partial charge in [-0.15, -0.1) is 0 Å². The van der Waals surface area contributed by atoms with Gasteiger partial charge in [0.25, 0.3) is 5.91 Å². The Kier molecular flexibility index (Phi) is 3.55. The zero-order valence-electron chi connectivity index (χ0n) is 13.9. The lowest BCUT2D eigenvalue weighted by atomic mass is 9.94. The van der Waals surface area contributed by atoms with Gasteiger partial charge in [-0.3, -0.25) is 9.89 Å². The second-order valence-electron chi connectivity index (χ2n) is 6.46. The van der Waals surface area contributed by atoms with Gasteiger partial charge >= 0.3 is 0 Å². The molecule has 3 aromatic rings. The minimum Gasteiger partial charge on any atom is -0.338 e. The summed E-state index contributed by atoms with van der Waals surface area (Å²) in [5.74, 6) is 0.282. The van der Waals surface area contributed by atoms with E-state index in [0.29, 0.717) is 17.8 Å². The third kappa shape index (κ3) is 2.55. The van der Waals surface area contributed by atoms with Crippen molar-refractivity contribution in [2.45, 2.75) is 32.6 Å². The lowest BCUT2D eigenvalue weighted by Crippen LogP contribution is -2.39. The fourth-order valence-electron chi connectivity index (χ4n) is 3.33. The highest BCUT2D eigenvalue weighted by Gasteiger charge is 2.28. The molecule has 7 heteroatoms. The van der Waals surface area contributed by atoms with Gasteiger partial charge < -0.3 is 4.90 Å². The van der Waals surface area contributed by atoms with E-state index in [9.17, 15) is 4.79 Å². The lowest BCUT2D eigenvalue weighted by Gasteiger charge is -2.31. The Morgan fingerprint density at radius 2 is 2.25 bits per heavy atom. The van der Waals surface area contributed by atoms with Crippen LogP contribution in [0.3, 0.4) is 0 Å².